The van der Waals surface area contributed by atoms with Gasteiger partial charge in [-0.1, -0.05) is 0 Å². The number of rotatable bonds is 4. The number of halogens is 2. The molecule has 0 amide bonds. The summed E-state index contributed by atoms with van der Waals surface area (Å²) in [6.07, 6.45) is 7.73. The van der Waals surface area contributed by atoms with Crippen LogP contribution in [-0.4, -0.2) is 38.3 Å². The molecule has 1 unspecified atom stereocenters. The molecule has 1 aliphatic carbocycles. The summed E-state index contributed by atoms with van der Waals surface area (Å²) in [7, 11) is -4.08. The zero-order valence-electron chi connectivity index (χ0n) is 15.5. The second-order valence-corrected chi connectivity index (χ2v) is 9.84. The highest BCUT2D eigenvalue weighted by Gasteiger charge is 2.43. The Bertz CT molecular complexity index is 1280. The molecular weight excluding hydrogens is 418 g/mol. The maximum atomic E-state index is 14.5. The maximum Gasteiger partial charge on any atom is 0.249 e. The number of hydrogen-bond donors (Lipinski definition) is 0. The van der Waals surface area contributed by atoms with Gasteiger partial charge < -0.3 is 0 Å². The van der Waals surface area contributed by atoms with Gasteiger partial charge in [0.2, 0.25) is 10.0 Å². The van der Waals surface area contributed by atoms with Gasteiger partial charge in [-0.15, -0.1) is 11.8 Å². The van der Waals surface area contributed by atoms with Crippen molar-refractivity contribution in [2.24, 2.45) is 0 Å². The topological polar surface area (TPSA) is 77.7 Å². The van der Waals surface area contributed by atoms with Gasteiger partial charge in [-0.3, -0.25) is 0 Å². The Morgan fingerprint density at radius 2 is 2.03 bits per heavy atom. The van der Waals surface area contributed by atoms with Gasteiger partial charge in [0, 0.05) is 29.8 Å². The van der Waals surface area contributed by atoms with Crippen LogP contribution in [0.15, 0.2) is 59.8 Å². The zero-order chi connectivity index (χ0) is 20.8. The molecule has 1 aliphatic rings. The van der Waals surface area contributed by atoms with Crippen LogP contribution >= 0.6 is 11.8 Å². The van der Waals surface area contributed by atoms with E-state index >= 15 is 0 Å². The Morgan fingerprint density at radius 3 is 2.79 bits per heavy atom. The van der Waals surface area contributed by atoms with E-state index in [1.54, 1.807) is 24.5 Å². The van der Waals surface area contributed by atoms with Crippen LogP contribution in [0.1, 0.15) is 19.2 Å². The van der Waals surface area contributed by atoms with Crippen LogP contribution in [0, 0.1) is 5.82 Å². The molecule has 0 bridgehead atoms. The molecule has 0 fully saturated rings. The van der Waals surface area contributed by atoms with Crippen molar-refractivity contribution in [1.29, 1.82) is 0 Å². The minimum Gasteiger partial charge on any atom is -0.237 e. The van der Waals surface area contributed by atoms with Gasteiger partial charge in [0.15, 0.2) is 17.3 Å². The van der Waals surface area contributed by atoms with Gasteiger partial charge in [0.1, 0.15) is 15.6 Å². The lowest BCUT2D eigenvalue weighted by atomic mass is 9.94. The van der Waals surface area contributed by atoms with Crippen LogP contribution in [0.4, 0.5) is 8.78 Å². The highest BCUT2D eigenvalue weighted by Crippen LogP contribution is 2.39. The second-order valence-electron chi connectivity index (χ2n) is 6.77. The normalized spacial score (nSPS) is 19.9. The number of fused-ring (bicyclic) bond motifs is 1. The lowest BCUT2D eigenvalue weighted by Crippen LogP contribution is -2.39. The van der Waals surface area contributed by atoms with Crippen LogP contribution in [0.2, 0.25) is 0 Å². The van der Waals surface area contributed by atoms with E-state index in [1.807, 2.05) is 0 Å². The molecule has 4 rings (SSSR count). The lowest BCUT2D eigenvalue weighted by molar-refractivity contribution is 0.545. The number of thioether (sulfide) groups is 1. The third-order valence-corrected chi connectivity index (χ3v) is 7.68. The van der Waals surface area contributed by atoms with Crippen LogP contribution < -0.4 is 0 Å². The molecule has 10 heteroatoms. The number of aromatic nitrogens is 4. The molecule has 0 spiro atoms. The van der Waals surface area contributed by atoms with E-state index in [0.29, 0.717) is 5.39 Å². The quantitative estimate of drug-likeness (QED) is 0.457. The van der Waals surface area contributed by atoms with Gasteiger partial charge in [0.05, 0.1) is 6.20 Å². The molecule has 0 aromatic carbocycles. The fourth-order valence-electron chi connectivity index (χ4n) is 3.30. The summed E-state index contributed by atoms with van der Waals surface area (Å²) >= 11 is 1.09. The van der Waals surface area contributed by atoms with Crippen LogP contribution in [-0.2, 0) is 10.0 Å². The summed E-state index contributed by atoms with van der Waals surface area (Å²) in [5, 5.41) is 0.762. The first kappa shape index (κ1) is 19.7. The number of pyridine rings is 1. The molecule has 3 aromatic heterocycles. The van der Waals surface area contributed by atoms with E-state index in [4.69, 9.17) is 0 Å². The Labute approximate surface area is 170 Å². The predicted molar refractivity (Wildman–Crippen MR) is 108 cm³/mol. The van der Waals surface area contributed by atoms with Gasteiger partial charge in [-0.25, -0.2) is 36.1 Å². The van der Waals surface area contributed by atoms with Crippen LogP contribution in [0.25, 0.3) is 16.6 Å². The monoisotopic (exact) mass is 434 g/mol. The Balaban J connectivity index is 1.80. The van der Waals surface area contributed by atoms with Gasteiger partial charge >= 0.3 is 0 Å². The summed E-state index contributed by atoms with van der Waals surface area (Å²) < 4.78 is 54.6. The van der Waals surface area contributed by atoms with Crippen molar-refractivity contribution < 1.29 is 17.2 Å². The first-order chi connectivity index (χ1) is 13.7. The molecule has 0 N–H and O–H groups in total. The highest BCUT2D eigenvalue weighted by molar-refractivity contribution is 7.98. The zero-order valence-corrected chi connectivity index (χ0v) is 17.1. The lowest BCUT2D eigenvalue weighted by Gasteiger charge is -2.30. The Morgan fingerprint density at radius 1 is 1.24 bits per heavy atom. The smallest absolute Gasteiger partial charge is 0.237 e. The van der Waals surface area contributed by atoms with Gasteiger partial charge in [-0.05, 0) is 43.5 Å². The molecule has 29 heavy (non-hydrogen) atoms. The van der Waals surface area contributed by atoms with Crippen molar-refractivity contribution in [3.63, 3.8) is 0 Å². The standard InChI is InChI=1S/C19H16F2N4O2S2/c1-19(29(26,27)25-7-5-12-4-3-6-22-17(12)25)9-13(8-14(20)10-19)16-23-11-15(21)18(24-16)28-2/h3-8,10-11H,9H2,1-2H3. The van der Waals surface area contributed by atoms with Crippen molar-refractivity contribution >= 4 is 38.4 Å². The van der Waals surface area contributed by atoms with Crippen LogP contribution in [0.3, 0.4) is 0 Å². The van der Waals surface area contributed by atoms with E-state index in [2.05, 4.69) is 15.0 Å². The summed E-state index contributed by atoms with van der Waals surface area (Å²) in [6, 6.07) is 5.09. The minimum absolute atomic E-state index is 0.0747. The highest BCUT2D eigenvalue weighted by atomic mass is 32.2. The summed E-state index contributed by atoms with van der Waals surface area (Å²) in [5.41, 5.74) is 0.539. The van der Waals surface area contributed by atoms with E-state index in [0.717, 1.165) is 28.0 Å². The molecular formula is C19H16F2N4O2S2. The van der Waals surface area contributed by atoms with Crippen molar-refractivity contribution in [3.05, 3.63) is 66.4 Å². The summed E-state index contributed by atoms with van der Waals surface area (Å²) in [4.78, 5) is 12.2. The van der Waals surface area contributed by atoms with E-state index < -0.39 is 26.4 Å². The van der Waals surface area contributed by atoms with Crippen molar-refractivity contribution in [1.82, 2.24) is 18.9 Å². The minimum atomic E-state index is -4.08. The molecule has 0 aliphatic heterocycles. The Hall–Kier alpha value is -2.59. The van der Waals surface area contributed by atoms with E-state index in [1.165, 1.54) is 25.4 Å². The largest absolute Gasteiger partial charge is 0.249 e. The predicted octanol–water partition coefficient (Wildman–Crippen LogP) is 3.96. The van der Waals surface area contributed by atoms with Gasteiger partial charge in [0.25, 0.3) is 0 Å². The summed E-state index contributed by atoms with van der Waals surface area (Å²) in [6.45, 7) is 1.43. The third-order valence-electron chi connectivity index (χ3n) is 4.75. The molecule has 0 saturated heterocycles. The average Bonchev–Trinajstić information content (AvgIpc) is 3.12. The molecule has 150 valence electrons. The second kappa shape index (κ2) is 7.03. The van der Waals surface area contributed by atoms with Crippen molar-refractivity contribution in [2.75, 3.05) is 6.26 Å². The number of nitrogens with zero attached hydrogens (tertiary/aromatic N) is 4. The van der Waals surface area contributed by atoms with E-state index in [-0.39, 0.29) is 28.5 Å². The number of allylic oxidation sites excluding steroid dienone is 3. The SMILES string of the molecule is CSc1nc(C2=CC(F)=CC(C)(S(=O)(=O)n3ccc4cccnc43)C2)ncc1F. The fraction of sp³-hybridized carbons (Fsp3) is 0.211. The molecule has 1 atom stereocenters. The maximum absolute atomic E-state index is 14.5. The third kappa shape index (κ3) is 3.25. The first-order valence-corrected chi connectivity index (χ1v) is 11.2. The van der Waals surface area contributed by atoms with Crippen molar-refractivity contribution in [3.8, 4) is 0 Å². The van der Waals surface area contributed by atoms with Crippen LogP contribution in [0.5, 0.6) is 0 Å². The molecule has 0 saturated carbocycles. The Kier molecular flexibility index (Phi) is 4.78. The average molecular weight is 434 g/mol. The van der Waals surface area contributed by atoms with Crippen molar-refractivity contribution in [2.45, 2.75) is 23.1 Å². The molecule has 0 radical (unpaired) electrons. The summed E-state index contributed by atoms with van der Waals surface area (Å²) in [5.74, 6) is -1.22. The molecule has 6 nitrogen and oxygen atoms in total. The molecule has 3 heterocycles. The first-order valence-electron chi connectivity index (χ1n) is 8.58. The fourth-order valence-corrected chi connectivity index (χ4v) is 5.38. The molecule has 3 aromatic rings. The number of hydrogen-bond acceptors (Lipinski definition) is 6. The van der Waals surface area contributed by atoms with E-state index in [9.17, 15) is 17.2 Å². The van der Waals surface area contributed by atoms with Gasteiger partial charge in [-0.2, -0.15) is 0 Å².